The fraction of sp³-hybridized carbons (Fsp3) is 0.533. The number of hydrogen-bond donors (Lipinski definition) is 1. The van der Waals surface area contributed by atoms with Gasteiger partial charge >= 0.3 is 5.97 Å². The highest BCUT2D eigenvalue weighted by Crippen LogP contribution is 2.28. The summed E-state index contributed by atoms with van der Waals surface area (Å²) in [7, 11) is 0. The van der Waals surface area contributed by atoms with E-state index in [4.69, 9.17) is 11.6 Å². The molecule has 1 heterocycles. The molecule has 0 spiro atoms. The lowest BCUT2D eigenvalue weighted by Crippen LogP contribution is -2.49. The summed E-state index contributed by atoms with van der Waals surface area (Å²) in [6, 6.07) is 5.86. The Labute approximate surface area is 124 Å². The molecule has 0 radical (unpaired) electrons. The van der Waals surface area contributed by atoms with Gasteiger partial charge in [-0.05, 0) is 25.5 Å². The van der Waals surface area contributed by atoms with Gasteiger partial charge in [-0.15, -0.1) is 0 Å². The van der Waals surface area contributed by atoms with Crippen molar-refractivity contribution < 1.29 is 9.90 Å². The molecule has 1 aromatic carbocycles. The SMILES string of the molecule is CCC(C)N1CCN(c2cccc(Cl)c2C(=O)O)CC1. The first-order valence-corrected chi connectivity index (χ1v) is 7.43. The highest BCUT2D eigenvalue weighted by Gasteiger charge is 2.24. The van der Waals surface area contributed by atoms with Crippen molar-refractivity contribution in [2.45, 2.75) is 26.3 Å². The summed E-state index contributed by atoms with van der Waals surface area (Å²) in [5, 5.41) is 9.64. The van der Waals surface area contributed by atoms with Crippen LogP contribution in [0.15, 0.2) is 18.2 Å². The Bertz CT molecular complexity index is 485. The van der Waals surface area contributed by atoms with Crippen LogP contribution in [0.25, 0.3) is 0 Å². The van der Waals surface area contributed by atoms with Crippen LogP contribution in [0.1, 0.15) is 30.6 Å². The zero-order valence-electron chi connectivity index (χ0n) is 12.0. The topological polar surface area (TPSA) is 43.8 Å². The number of hydrogen-bond acceptors (Lipinski definition) is 3. The number of benzene rings is 1. The van der Waals surface area contributed by atoms with E-state index in [1.807, 2.05) is 12.1 Å². The van der Waals surface area contributed by atoms with Crippen molar-refractivity contribution in [3.8, 4) is 0 Å². The standard InChI is InChI=1S/C15H21ClN2O2/c1-3-11(2)17-7-9-18(10-8-17)13-6-4-5-12(16)14(13)15(19)20/h4-6,11H,3,7-10H2,1-2H3,(H,19,20). The molecule has 4 nitrogen and oxygen atoms in total. The number of anilines is 1. The number of nitrogens with zero attached hydrogens (tertiary/aromatic N) is 2. The zero-order valence-corrected chi connectivity index (χ0v) is 12.7. The van der Waals surface area contributed by atoms with Crippen LogP contribution in [0.2, 0.25) is 5.02 Å². The van der Waals surface area contributed by atoms with Crippen LogP contribution in [-0.4, -0.2) is 48.2 Å². The summed E-state index contributed by atoms with van der Waals surface area (Å²) in [6.45, 7) is 8.02. The van der Waals surface area contributed by atoms with Crippen LogP contribution in [-0.2, 0) is 0 Å². The molecule has 5 heteroatoms. The number of carbonyl (C=O) groups is 1. The van der Waals surface area contributed by atoms with E-state index in [2.05, 4.69) is 23.6 Å². The van der Waals surface area contributed by atoms with Crippen LogP contribution in [0.4, 0.5) is 5.69 Å². The smallest absolute Gasteiger partial charge is 0.339 e. The van der Waals surface area contributed by atoms with E-state index < -0.39 is 5.97 Å². The van der Waals surface area contributed by atoms with E-state index in [1.165, 1.54) is 0 Å². The zero-order chi connectivity index (χ0) is 14.7. The van der Waals surface area contributed by atoms with Gasteiger partial charge in [0.1, 0.15) is 5.56 Å². The van der Waals surface area contributed by atoms with Crippen molar-refractivity contribution in [2.24, 2.45) is 0 Å². The molecule has 0 amide bonds. The maximum Gasteiger partial charge on any atom is 0.339 e. The Morgan fingerprint density at radius 2 is 2.00 bits per heavy atom. The molecular weight excluding hydrogens is 276 g/mol. The van der Waals surface area contributed by atoms with Gasteiger partial charge in [-0.2, -0.15) is 0 Å². The third-order valence-electron chi connectivity index (χ3n) is 4.07. The Kier molecular flexibility index (Phi) is 4.89. The molecule has 1 fully saturated rings. The van der Waals surface area contributed by atoms with Crippen LogP contribution in [0.3, 0.4) is 0 Å². The summed E-state index contributed by atoms with van der Waals surface area (Å²) in [6.07, 6.45) is 1.14. The largest absolute Gasteiger partial charge is 0.478 e. The number of rotatable bonds is 4. The molecule has 1 saturated heterocycles. The lowest BCUT2D eigenvalue weighted by Gasteiger charge is -2.39. The monoisotopic (exact) mass is 296 g/mol. The lowest BCUT2D eigenvalue weighted by atomic mass is 10.1. The highest BCUT2D eigenvalue weighted by atomic mass is 35.5. The Balaban J connectivity index is 2.15. The van der Waals surface area contributed by atoms with Crippen LogP contribution >= 0.6 is 11.6 Å². The molecule has 1 atom stereocenters. The summed E-state index contributed by atoms with van der Waals surface area (Å²) >= 11 is 6.03. The number of aromatic carboxylic acids is 1. The molecule has 1 aliphatic rings. The van der Waals surface area contributed by atoms with Gasteiger partial charge < -0.3 is 10.0 Å². The van der Waals surface area contributed by atoms with Gasteiger partial charge in [0.15, 0.2) is 0 Å². The van der Waals surface area contributed by atoms with E-state index in [1.54, 1.807) is 6.07 Å². The molecule has 0 bridgehead atoms. The second-order valence-corrected chi connectivity index (χ2v) is 5.63. The number of carboxylic acid groups (broad SMARTS) is 1. The van der Waals surface area contributed by atoms with E-state index in [-0.39, 0.29) is 5.56 Å². The summed E-state index contributed by atoms with van der Waals surface area (Å²) in [5.74, 6) is -0.963. The quantitative estimate of drug-likeness (QED) is 0.928. The predicted octanol–water partition coefficient (Wildman–Crippen LogP) is 2.96. The van der Waals surface area contributed by atoms with Crippen molar-refractivity contribution in [3.63, 3.8) is 0 Å². The Morgan fingerprint density at radius 1 is 1.35 bits per heavy atom. The van der Waals surface area contributed by atoms with E-state index in [0.717, 1.165) is 38.3 Å². The van der Waals surface area contributed by atoms with Crippen LogP contribution < -0.4 is 4.90 Å². The summed E-state index contributed by atoms with van der Waals surface area (Å²) in [4.78, 5) is 15.9. The number of halogens is 1. The number of carboxylic acids is 1. The first-order chi connectivity index (χ1) is 9.54. The van der Waals surface area contributed by atoms with Gasteiger partial charge in [-0.1, -0.05) is 24.6 Å². The maximum absolute atomic E-state index is 11.4. The number of piperazine rings is 1. The van der Waals surface area contributed by atoms with Crippen molar-refractivity contribution in [2.75, 3.05) is 31.1 Å². The average Bonchev–Trinajstić information content (AvgIpc) is 2.46. The average molecular weight is 297 g/mol. The van der Waals surface area contributed by atoms with E-state index in [9.17, 15) is 9.90 Å². The molecule has 110 valence electrons. The van der Waals surface area contributed by atoms with E-state index >= 15 is 0 Å². The minimum absolute atomic E-state index is 0.214. The van der Waals surface area contributed by atoms with Gasteiger partial charge in [-0.3, -0.25) is 4.90 Å². The molecule has 1 aliphatic heterocycles. The molecule has 20 heavy (non-hydrogen) atoms. The first-order valence-electron chi connectivity index (χ1n) is 7.05. The van der Waals surface area contributed by atoms with Crippen molar-refractivity contribution >= 4 is 23.3 Å². The molecule has 2 rings (SSSR count). The van der Waals surface area contributed by atoms with Crippen molar-refractivity contribution in [1.82, 2.24) is 4.90 Å². The fourth-order valence-corrected chi connectivity index (χ4v) is 2.90. The Hall–Kier alpha value is -1.26. The minimum atomic E-state index is -0.963. The van der Waals surface area contributed by atoms with Gasteiger partial charge in [0.05, 0.1) is 10.7 Å². The molecular formula is C15H21ClN2O2. The highest BCUT2D eigenvalue weighted by molar-refractivity contribution is 6.34. The normalized spacial score (nSPS) is 18.1. The van der Waals surface area contributed by atoms with Crippen LogP contribution in [0, 0.1) is 0 Å². The first kappa shape index (κ1) is 15.1. The second-order valence-electron chi connectivity index (χ2n) is 5.22. The van der Waals surface area contributed by atoms with Crippen molar-refractivity contribution in [1.29, 1.82) is 0 Å². The van der Waals surface area contributed by atoms with E-state index in [0.29, 0.717) is 11.1 Å². The maximum atomic E-state index is 11.4. The van der Waals surface area contributed by atoms with Crippen LogP contribution in [0.5, 0.6) is 0 Å². The third-order valence-corrected chi connectivity index (χ3v) is 4.39. The second kappa shape index (κ2) is 6.46. The molecule has 0 aromatic heterocycles. The molecule has 1 aromatic rings. The fourth-order valence-electron chi connectivity index (χ4n) is 2.65. The summed E-state index contributed by atoms with van der Waals surface area (Å²) in [5.41, 5.74) is 0.944. The molecule has 1 N–H and O–H groups in total. The Morgan fingerprint density at radius 3 is 2.55 bits per heavy atom. The minimum Gasteiger partial charge on any atom is -0.478 e. The lowest BCUT2D eigenvalue weighted by molar-refractivity contribution is 0.0697. The third kappa shape index (κ3) is 3.07. The van der Waals surface area contributed by atoms with Gasteiger partial charge in [0.25, 0.3) is 0 Å². The molecule has 0 saturated carbocycles. The van der Waals surface area contributed by atoms with Gasteiger partial charge in [-0.25, -0.2) is 4.79 Å². The van der Waals surface area contributed by atoms with Crippen molar-refractivity contribution in [3.05, 3.63) is 28.8 Å². The molecule has 0 aliphatic carbocycles. The predicted molar refractivity (Wildman–Crippen MR) is 82.0 cm³/mol. The van der Waals surface area contributed by atoms with Gasteiger partial charge in [0, 0.05) is 32.2 Å². The molecule has 1 unspecified atom stereocenters. The van der Waals surface area contributed by atoms with Gasteiger partial charge in [0.2, 0.25) is 0 Å². The summed E-state index contributed by atoms with van der Waals surface area (Å²) < 4.78 is 0.